The lowest BCUT2D eigenvalue weighted by atomic mass is 9.95. The molecule has 2 aromatic rings. The number of rotatable bonds is 7. The SMILES string of the molecule is C=C(COC(=O)Cn1c(C)c(Cc2ccccc2C)c2c1CCNC2=O)N(C)C. The minimum Gasteiger partial charge on any atom is -0.458 e. The van der Waals surface area contributed by atoms with Crippen LogP contribution in [0.5, 0.6) is 0 Å². The third kappa shape index (κ3) is 4.36. The van der Waals surface area contributed by atoms with E-state index in [1.807, 2.05) is 42.6 Å². The van der Waals surface area contributed by atoms with Crippen LogP contribution in [0, 0.1) is 13.8 Å². The van der Waals surface area contributed by atoms with Gasteiger partial charge in [0.1, 0.15) is 13.2 Å². The molecule has 0 atom stereocenters. The molecule has 1 amide bonds. The number of hydrogen-bond acceptors (Lipinski definition) is 4. The van der Waals surface area contributed by atoms with Crippen molar-refractivity contribution in [1.82, 2.24) is 14.8 Å². The lowest BCUT2D eigenvalue weighted by Gasteiger charge is -2.18. The Bertz CT molecular complexity index is 957. The summed E-state index contributed by atoms with van der Waals surface area (Å²) in [7, 11) is 3.72. The summed E-state index contributed by atoms with van der Waals surface area (Å²) in [5, 5.41) is 2.94. The van der Waals surface area contributed by atoms with Crippen LogP contribution in [0.2, 0.25) is 0 Å². The first kappa shape index (κ1) is 20.7. The molecule has 6 nitrogen and oxygen atoms in total. The fraction of sp³-hybridized carbons (Fsp3) is 0.391. The molecule has 154 valence electrons. The number of nitrogens with zero attached hydrogens (tertiary/aromatic N) is 2. The molecule has 0 fully saturated rings. The van der Waals surface area contributed by atoms with E-state index in [4.69, 9.17) is 4.74 Å². The van der Waals surface area contributed by atoms with Gasteiger partial charge in [0.25, 0.3) is 5.91 Å². The Balaban J connectivity index is 1.90. The second-order valence-electron chi connectivity index (χ2n) is 7.70. The molecule has 1 N–H and O–H groups in total. The Labute approximate surface area is 172 Å². The van der Waals surface area contributed by atoms with Crippen molar-refractivity contribution in [3.8, 4) is 0 Å². The number of nitrogens with one attached hydrogen (secondary N) is 1. The van der Waals surface area contributed by atoms with Gasteiger partial charge in [-0.15, -0.1) is 0 Å². The molecule has 0 radical (unpaired) electrons. The highest BCUT2D eigenvalue weighted by Crippen LogP contribution is 2.29. The molecule has 0 bridgehead atoms. The van der Waals surface area contributed by atoms with Gasteiger partial charge in [0.05, 0.1) is 5.56 Å². The molecule has 0 saturated carbocycles. The van der Waals surface area contributed by atoms with Gasteiger partial charge in [0.2, 0.25) is 0 Å². The van der Waals surface area contributed by atoms with Crippen molar-refractivity contribution in [3.63, 3.8) is 0 Å². The number of aromatic nitrogens is 1. The monoisotopic (exact) mass is 395 g/mol. The molecule has 3 rings (SSSR count). The maximum atomic E-state index is 12.7. The van der Waals surface area contributed by atoms with Crippen LogP contribution >= 0.6 is 0 Å². The molecule has 2 heterocycles. The number of benzene rings is 1. The number of likely N-dealkylation sites (N-methyl/N-ethyl adjacent to an activating group) is 1. The molecule has 0 saturated heterocycles. The molecule has 1 aromatic carbocycles. The highest BCUT2D eigenvalue weighted by atomic mass is 16.5. The smallest absolute Gasteiger partial charge is 0.326 e. The summed E-state index contributed by atoms with van der Waals surface area (Å²) >= 11 is 0. The van der Waals surface area contributed by atoms with Crippen LogP contribution in [-0.4, -0.2) is 48.6 Å². The van der Waals surface area contributed by atoms with E-state index in [0.29, 0.717) is 24.9 Å². The van der Waals surface area contributed by atoms with Crippen molar-refractivity contribution in [2.24, 2.45) is 0 Å². The minimum absolute atomic E-state index is 0.0639. The summed E-state index contributed by atoms with van der Waals surface area (Å²) in [5.74, 6) is -0.395. The molecule has 0 unspecified atom stereocenters. The largest absolute Gasteiger partial charge is 0.458 e. The molecule has 0 aliphatic carbocycles. The zero-order valence-electron chi connectivity index (χ0n) is 17.7. The Morgan fingerprint density at radius 3 is 2.69 bits per heavy atom. The number of ether oxygens (including phenoxy) is 1. The summed E-state index contributed by atoms with van der Waals surface area (Å²) in [4.78, 5) is 27.0. The van der Waals surface area contributed by atoms with Crippen LogP contribution in [0.15, 0.2) is 36.5 Å². The molecule has 1 aliphatic heterocycles. The van der Waals surface area contributed by atoms with E-state index in [0.717, 1.165) is 22.6 Å². The standard InChI is InChI=1S/C23H29N3O3/c1-15-8-6-7-9-18(15)12-19-17(3)26(20-10-11-24-23(28)22(19)20)13-21(27)29-14-16(2)25(4)5/h6-9H,2,10-14H2,1,3-5H3,(H,24,28). The van der Waals surface area contributed by atoms with Crippen molar-refractivity contribution >= 4 is 11.9 Å². The third-order valence-electron chi connectivity index (χ3n) is 5.58. The highest BCUT2D eigenvalue weighted by molar-refractivity contribution is 5.98. The zero-order chi connectivity index (χ0) is 21.1. The molecule has 6 heteroatoms. The minimum atomic E-state index is -0.331. The first-order valence-corrected chi connectivity index (χ1v) is 9.83. The predicted octanol–water partition coefficient (Wildman–Crippen LogP) is 2.60. The summed E-state index contributed by atoms with van der Waals surface area (Å²) in [6.45, 7) is 8.75. The van der Waals surface area contributed by atoms with E-state index in [2.05, 4.69) is 31.0 Å². The van der Waals surface area contributed by atoms with E-state index >= 15 is 0 Å². The molecular weight excluding hydrogens is 366 g/mol. The lowest BCUT2D eigenvalue weighted by molar-refractivity contribution is -0.143. The average molecular weight is 396 g/mol. The Kier molecular flexibility index (Phi) is 6.11. The summed E-state index contributed by atoms with van der Waals surface area (Å²) in [5.41, 5.74) is 6.64. The van der Waals surface area contributed by atoms with Crippen LogP contribution in [-0.2, 0) is 28.9 Å². The van der Waals surface area contributed by atoms with Crippen LogP contribution < -0.4 is 5.32 Å². The summed E-state index contributed by atoms with van der Waals surface area (Å²) < 4.78 is 7.33. The van der Waals surface area contributed by atoms with Crippen molar-refractivity contribution < 1.29 is 14.3 Å². The normalized spacial score (nSPS) is 12.9. The van der Waals surface area contributed by atoms with E-state index in [-0.39, 0.29) is 25.0 Å². The molecule has 0 spiro atoms. The average Bonchev–Trinajstić information content (AvgIpc) is 2.94. The van der Waals surface area contributed by atoms with Gasteiger partial charge in [-0.2, -0.15) is 0 Å². The van der Waals surface area contributed by atoms with E-state index in [9.17, 15) is 9.59 Å². The van der Waals surface area contributed by atoms with Crippen molar-refractivity contribution in [2.45, 2.75) is 33.2 Å². The van der Waals surface area contributed by atoms with Gasteiger partial charge in [-0.25, -0.2) is 0 Å². The molecule has 1 aliphatic rings. The molecule has 1 aromatic heterocycles. The van der Waals surface area contributed by atoms with Crippen LogP contribution in [0.3, 0.4) is 0 Å². The third-order valence-corrected chi connectivity index (χ3v) is 5.58. The maximum Gasteiger partial charge on any atom is 0.326 e. The van der Waals surface area contributed by atoms with Gasteiger partial charge >= 0.3 is 5.97 Å². The Hall–Kier alpha value is -3.02. The second kappa shape index (κ2) is 8.55. The zero-order valence-corrected chi connectivity index (χ0v) is 17.7. The fourth-order valence-electron chi connectivity index (χ4n) is 3.66. The van der Waals surface area contributed by atoms with Crippen molar-refractivity contribution in [2.75, 3.05) is 27.2 Å². The van der Waals surface area contributed by atoms with Gasteiger partial charge in [-0.05, 0) is 30.5 Å². The second-order valence-corrected chi connectivity index (χ2v) is 7.70. The lowest BCUT2D eigenvalue weighted by Crippen LogP contribution is -2.33. The first-order chi connectivity index (χ1) is 13.8. The van der Waals surface area contributed by atoms with E-state index in [1.165, 1.54) is 11.1 Å². The Morgan fingerprint density at radius 2 is 2.00 bits per heavy atom. The fourth-order valence-corrected chi connectivity index (χ4v) is 3.66. The van der Waals surface area contributed by atoms with E-state index < -0.39 is 0 Å². The number of carbonyl (C=O) groups excluding carboxylic acids is 2. The first-order valence-electron chi connectivity index (χ1n) is 9.83. The van der Waals surface area contributed by atoms with Gasteiger partial charge in [0.15, 0.2) is 0 Å². The van der Waals surface area contributed by atoms with Crippen molar-refractivity contribution in [1.29, 1.82) is 0 Å². The van der Waals surface area contributed by atoms with Gasteiger partial charge in [0, 0.05) is 50.6 Å². The molecule has 29 heavy (non-hydrogen) atoms. The number of aryl methyl sites for hydroxylation is 1. The quantitative estimate of drug-likeness (QED) is 0.732. The van der Waals surface area contributed by atoms with E-state index in [1.54, 1.807) is 0 Å². The summed E-state index contributed by atoms with van der Waals surface area (Å²) in [6.07, 6.45) is 1.36. The Morgan fingerprint density at radius 1 is 1.28 bits per heavy atom. The maximum absolute atomic E-state index is 12.7. The number of hydrogen-bond donors (Lipinski definition) is 1. The molecular formula is C23H29N3O3. The highest BCUT2D eigenvalue weighted by Gasteiger charge is 2.29. The van der Waals surface area contributed by atoms with Crippen molar-refractivity contribution in [3.05, 3.63) is 70.2 Å². The van der Waals surface area contributed by atoms with Crippen LogP contribution in [0.1, 0.15) is 38.4 Å². The number of amides is 1. The number of carbonyl (C=O) groups is 2. The van der Waals surface area contributed by atoms with Gasteiger partial charge < -0.3 is 19.5 Å². The topological polar surface area (TPSA) is 63.6 Å². The van der Waals surface area contributed by atoms with Gasteiger partial charge in [-0.3, -0.25) is 9.59 Å². The number of esters is 1. The predicted molar refractivity (Wildman–Crippen MR) is 113 cm³/mol. The van der Waals surface area contributed by atoms with Gasteiger partial charge in [-0.1, -0.05) is 30.8 Å². The number of fused-ring (bicyclic) bond motifs is 1. The summed E-state index contributed by atoms with van der Waals surface area (Å²) in [6, 6.07) is 8.18. The van der Waals surface area contributed by atoms with Crippen LogP contribution in [0.4, 0.5) is 0 Å². The van der Waals surface area contributed by atoms with Crippen LogP contribution in [0.25, 0.3) is 0 Å².